The van der Waals surface area contributed by atoms with Crippen molar-refractivity contribution in [2.24, 2.45) is 17.8 Å². The van der Waals surface area contributed by atoms with Crippen LogP contribution in [0, 0.1) is 17.8 Å². The van der Waals surface area contributed by atoms with Gasteiger partial charge >= 0.3 is 12.1 Å². The Morgan fingerprint density at radius 3 is 2.30 bits per heavy atom. The SMILES string of the molecule is O=C(O)CCP(=O)(OC12CC3CC(CC(C3)C1)C2)C1CCCN1C(=O)OCc1ccccc1. The molecule has 2 unspecified atom stereocenters. The maximum Gasteiger partial charge on any atom is 0.410 e. The van der Waals surface area contributed by atoms with E-state index in [2.05, 4.69) is 0 Å². The van der Waals surface area contributed by atoms with Crippen LogP contribution in [0.4, 0.5) is 4.79 Å². The number of hydrogen-bond acceptors (Lipinski definition) is 5. The first-order valence-electron chi connectivity index (χ1n) is 12.3. The molecule has 1 heterocycles. The highest BCUT2D eigenvalue weighted by Gasteiger charge is 2.56. The average Bonchev–Trinajstić information content (AvgIpc) is 3.27. The Balaban J connectivity index is 1.34. The van der Waals surface area contributed by atoms with Gasteiger partial charge in [0, 0.05) is 12.7 Å². The van der Waals surface area contributed by atoms with Crippen LogP contribution in [0.25, 0.3) is 0 Å². The quantitative estimate of drug-likeness (QED) is 0.500. The molecular weight excluding hydrogens is 441 g/mol. The molecule has 0 spiro atoms. The van der Waals surface area contributed by atoms with Crippen LogP contribution in [-0.2, 0) is 25.2 Å². The molecule has 33 heavy (non-hydrogen) atoms. The van der Waals surface area contributed by atoms with Gasteiger partial charge in [-0.25, -0.2) is 4.79 Å². The number of carbonyl (C=O) groups is 2. The molecule has 1 N–H and O–H groups in total. The summed E-state index contributed by atoms with van der Waals surface area (Å²) < 4.78 is 26.7. The Labute approximate surface area is 195 Å². The van der Waals surface area contributed by atoms with E-state index in [1.807, 2.05) is 30.3 Å². The molecule has 1 saturated heterocycles. The lowest BCUT2D eigenvalue weighted by molar-refractivity contribution is -0.136. The number of ether oxygens (including phenoxy) is 1. The molecule has 1 amide bonds. The van der Waals surface area contributed by atoms with E-state index in [-0.39, 0.29) is 19.2 Å². The number of rotatable bonds is 8. The molecule has 5 aliphatic rings. The number of hydrogen-bond donors (Lipinski definition) is 1. The van der Waals surface area contributed by atoms with E-state index in [9.17, 15) is 19.3 Å². The molecule has 8 heteroatoms. The molecule has 4 aliphatic carbocycles. The summed E-state index contributed by atoms with van der Waals surface area (Å²) >= 11 is 0. The van der Waals surface area contributed by atoms with Crippen LogP contribution in [0.3, 0.4) is 0 Å². The van der Waals surface area contributed by atoms with Gasteiger partial charge in [-0.1, -0.05) is 30.3 Å². The fourth-order valence-electron chi connectivity index (χ4n) is 7.15. The second-order valence-corrected chi connectivity index (χ2v) is 13.3. The number of aliphatic carboxylic acids is 1. The molecule has 1 aromatic carbocycles. The Morgan fingerprint density at radius 1 is 1.06 bits per heavy atom. The van der Waals surface area contributed by atoms with E-state index in [1.165, 1.54) is 19.3 Å². The summed E-state index contributed by atoms with van der Waals surface area (Å²) in [5, 5.41) is 9.35. The minimum Gasteiger partial charge on any atom is -0.481 e. The van der Waals surface area contributed by atoms with Crippen molar-refractivity contribution in [3.8, 4) is 0 Å². The molecule has 180 valence electrons. The molecule has 6 rings (SSSR count). The molecule has 2 atom stereocenters. The van der Waals surface area contributed by atoms with Gasteiger partial charge in [-0.3, -0.25) is 14.3 Å². The van der Waals surface area contributed by atoms with Gasteiger partial charge in [0.25, 0.3) is 0 Å². The number of benzene rings is 1. The fraction of sp³-hybridized carbons (Fsp3) is 0.680. The Morgan fingerprint density at radius 2 is 1.70 bits per heavy atom. The zero-order valence-corrected chi connectivity index (χ0v) is 20.0. The number of carboxylic acid groups (broad SMARTS) is 1. The molecule has 0 radical (unpaired) electrons. The molecule has 5 fully saturated rings. The van der Waals surface area contributed by atoms with E-state index in [1.54, 1.807) is 4.90 Å². The minimum atomic E-state index is -3.43. The van der Waals surface area contributed by atoms with Crippen LogP contribution in [0.5, 0.6) is 0 Å². The summed E-state index contributed by atoms with van der Waals surface area (Å²) in [6, 6.07) is 9.47. The molecule has 0 aromatic heterocycles. The van der Waals surface area contributed by atoms with Gasteiger partial charge in [-0.15, -0.1) is 0 Å². The lowest BCUT2D eigenvalue weighted by Gasteiger charge is -2.57. The average molecular weight is 476 g/mol. The van der Waals surface area contributed by atoms with Crippen LogP contribution < -0.4 is 0 Å². The predicted octanol–water partition coefficient (Wildman–Crippen LogP) is 5.48. The van der Waals surface area contributed by atoms with Crippen LogP contribution >= 0.6 is 7.37 Å². The van der Waals surface area contributed by atoms with Crippen molar-refractivity contribution in [2.75, 3.05) is 12.7 Å². The third-order valence-corrected chi connectivity index (χ3v) is 11.1. The topological polar surface area (TPSA) is 93.1 Å². The van der Waals surface area contributed by atoms with Crippen molar-refractivity contribution in [3.05, 3.63) is 35.9 Å². The fourth-order valence-corrected chi connectivity index (χ4v) is 10.3. The molecule has 4 bridgehead atoms. The van der Waals surface area contributed by atoms with Crippen LogP contribution in [-0.4, -0.2) is 46.2 Å². The van der Waals surface area contributed by atoms with E-state index >= 15 is 0 Å². The highest BCUT2D eigenvalue weighted by molar-refractivity contribution is 7.59. The number of nitrogens with zero attached hydrogens (tertiary/aromatic N) is 1. The van der Waals surface area contributed by atoms with E-state index < -0.39 is 30.8 Å². The number of carbonyl (C=O) groups excluding carboxylic acids is 1. The summed E-state index contributed by atoms with van der Waals surface area (Å²) in [6.07, 6.45) is 7.01. The number of amides is 1. The second kappa shape index (κ2) is 9.07. The maximum atomic E-state index is 14.5. The van der Waals surface area contributed by atoms with E-state index in [0.29, 0.717) is 37.1 Å². The van der Waals surface area contributed by atoms with Crippen molar-refractivity contribution in [3.63, 3.8) is 0 Å². The van der Waals surface area contributed by atoms with Crippen LogP contribution in [0.2, 0.25) is 0 Å². The van der Waals surface area contributed by atoms with Gasteiger partial charge in [0.1, 0.15) is 12.4 Å². The van der Waals surface area contributed by atoms with Gasteiger partial charge in [-0.2, -0.15) is 0 Å². The zero-order valence-electron chi connectivity index (χ0n) is 19.1. The first kappa shape index (κ1) is 22.9. The highest BCUT2D eigenvalue weighted by Crippen LogP contribution is 2.66. The third-order valence-electron chi connectivity index (χ3n) is 8.08. The van der Waals surface area contributed by atoms with E-state index in [0.717, 1.165) is 24.8 Å². The summed E-state index contributed by atoms with van der Waals surface area (Å²) in [6.45, 7) is 0.609. The van der Waals surface area contributed by atoms with Gasteiger partial charge in [0.05, 0.1) is 12.0 Å². The molecule has 4 saturated carbocycles. The highest BCUT2D eigenvalue weighted by atomic mass is 31.2. The van der Waals surface area contributed by atoms with Crippen LogP contribution in [0.15, 0.2) is 30.3 Å². The Bertz CT molecular complexity index is 899. The monoisotopic (exact) mass is 475 g/mol. The van der Waals surface area contributed by atoms with Gasteiger partial charge in [0.2, 0.25) is 7.37 Å². The lowest BCUT2D eigenvalue weighted by Crippen LogP contribution is -2.52. The van der Waals surface area contributed by atoms with Crippen molar-refractivity contribution in [2.45, 2.75) is 75.8 Å². The van der Waals surface area contributed by atoms with Crippen molar-refractivity contribution >= 4 is 19.4 Å². The lowest BCUT2D eigenvalue weighted by atomic mass is 9.54. The summed E-state index contributed by atoms with van der Waals surface area (Å²) in [5.74, 6) is 0.285. The minimum absolute atomic E-state index is 0.0305. The molecular formula is C25H34NO6P. The van der Waals surface area contributed by atoms with Crippen LogP contribution in [0.1, 0.15) is 63.4 Å². The summed E-state index contributed by atoms with van der Waals surface area (Å²) in [7, 11) is -3.43. The normalized spacial score (nSPS) is 34.2. The first-order chi connectivity index (χ1) is 15.8. The third kappa shape index (κ3) is 4.85. The Kier molecular flexibility index (Phi) is 6.30. The van der Waals surface area contributed by atoms with Gasteiger partial charge in [-0.05, 0) is 74.7 Å². The number of likely N-dealkylation sites (tertiary alicyclic amines) is 1. The molecule has 1 aromatic rings. The zero-order chi connectivity index (χ0) is 23.1. The number of carboxylic acids is 1. The van der Waals surface area contributed by atoms with Gasteiger partial charge < -0.3 is 14.4 Å². The first-order valence-corrected chi connectivity index (χ1v) is 14.2. The standard InChI is InChI=1S/C25H34NO6P/c27-23(28)8-10-33(30,32-25-14-19-11-20(15-25)13-21(12-19)16-25)22-7-4-9-26(22)24(29)31-17-18-5-2-1-3-6-18/h1-3,5-6,19-22H,4,7-17H2,(H,27,28). The summed E-state index contributed by atoms with van der Waals surface area (Å²) in [4.78, 5) is 26.0. The maximum absolute atomic E-state index is 14.5. The summed E-state index contributed by atoms with van der Waals surface area (Å²) in [5.41, 5.74) is 0.478. The molecule has 1 aliphatic heterocycles. The molecule has 7 nitrogen and oxygen atoms in total. The smallest absolute Gasteiger partial charge is 0.410 e. The second-order valence-electron chi connectivity index (χ2n) is 10.6. The predicted molar refractivity (Wildman–Crippen MR) is 123 cm³/mol. The Hall–Kier alpha value is -1.85. The largest absolute Gasteiger partial charge is 0.481 e. The van der Waals surface area contributed by atoms with E-state index in [4.69, 9.17) is 9.26 Å². The van der Waals surface area contributed by atoms with Crippen molar-refractivity contribution in [1.29, 1.82) is 0 Å². The van der Waals surface area contributed by atoms with Crippen molar-refractivity contribution in [1.82, 2.24) is 4.90 Å². The van der Waals surface area contributed by atoms with Gasteiger partial charge in [0.15, 0.2) is 0 Å². The van der Waals surface area contributed by atoms with Crippen molar-refractivity contribution < 1.29 is 28.5 Å².